The van der Waals surface area contributed by atoms with Gasteiger partial charge in [0.1, 0.15) is 18.1 Å². The first kappa shape index (κ1) is 14.0. The molecule has 1 atom stereocenters. The van der Waals surface area contributed by atoms with Gasteiger partial charge in [-0.2, -0.15) is 0 Å². The van der Waals surface area contributed by atoms with Crippen LogP contribution in [0.4, 0.5) is 0 Å². The van der Waals surface area contributed by atoms with Crippen LogP contribution in [0.15, 0.2) is 42.5 Å². The number of aryl methyl sites for hydroxylation is 1. The molecule has 3 rings (SSSR count). The highest BCUT2D eigenvalue weighted by atomic mass is 16.5. The second kappa shape index (κ2) is 6.19. The van der Waals surface area contributed by atoms with Crippen LogP contribution in [0.3, 0.4) is 0 Å². The molecule has 1 aliphatic rings. The van der Waals surface area contributed by atoms with Crippen LogP contribution < -0.4 is 9.47 Å². The second-order valence-electron chi connectivity index (χ2n) is 5.37. The Bertz CT molecular complexity index is 622. The molecule has 3 nitrogen and oxygen atoms in total. The summed E-state index contributed by atoms with van der Waals surface area (Å²) in [7, 11) is 1.67. The third kappa shape index (κ3) is 3.03. The van der Waals surface area contributed by atoms with Gasteiger partial charge in [0, 0.05) is 5.56 Å². The number of aliphatic hydroxyl groups excluding tert-OH is 1. The molecule has 1 unspecified atom stereocenters. The average molecular weight is 284 g/mol. The van der Waals surface area contributed by atoms with Crippen molar-refractivity contribution in [3.63, 3.8) is 0 Å². The zero-order valence-corrected chi connectivity index (χ0v) is 12.2. The van der Waals surface area contributed by atoms with Crippen LogP contribution in [0.2, 0.25) is 0 Å². The fourth-order valence-corrected chi connectivity index (χ4v) is 2.84. The lowest BCUT2D eigenvalue weighted by molar-refractivity contribution is 0.156. The maximum atomic E-state index is 9.97. The minimum Gasteiger partial charge on any atom is -0.496 e. The summed E-state index contributed by atoms with van der Waals surface area (Å²) < 4.78 is 11.2. The molecule has 1 N–H and O–H groups in total. The second-order valence-corrected chi connectivity index (χ2v) is 5.37. The van der Waals surface area contributed by atoms with Crippen molar-refractivity contribution >= 4 is 0 Å². The quantitative estimate of drug-likeness (QED) is 0.931. The van der Waals surface area contributed by atoms with Gasteiger partial charge >= 0.3 is 0 Å². The lowest BCUT2D eigenvalue weighted by Crippen LogP contribution is -2.09. The van der Waals surface area contributed by atoms with Crippen LogP contribution in [0.1, 0.15) is 35.6 Å². The highest BCUT2D eigenvalue weighted by Crippen LogP contribution is 2.32. The number of para-hydroxylation sites is 1. The number of benzene rings is 2. The van der Waals surface area contributed by atoms with Crippen molar-refractivity contribution in [2.75, 3.05) is 7.11 Å². The van der Waals surface area contributed by atoms with E-state index in [2.05, 4.69) is 0 Å². The Morgan fingerprint density at radius 1 is 1.19 bits per heavy atom. The Labute approximate surface area is 125 Å². The normalized spacial score (nSPS) is 17.1. The highest BCUT2D eigenvalue weighted by Gasteiger charge is 2.18. The van der Waals surface area contributed by atoms with Crippen LogP contribution in [0.25, 0.3) is 0 Å². The Hall–Kier alpha value is -2.00. The summed E-state index contributed by atoms with van der Waals surface area (Å²) in [6.45, 7) is 0.478. The topological polar surface area (TPSA) is 38.7 Å². The predicted octanol–water partition coefficient (Wildman–Crippen LogP) is 3.64. The molecule has 2 aromatic rings. The SMILES string of the molecule is COc1ccccc1COc1ccc2c(c1)CCCC2O. The molecule has 0 saturated carbocycles. The summed E-state index contributed by atoms with van der Waals surface area (Å²) in [6, 6.07) is 13.8. The first-order valence-corrected chi connectivity index (χ1v) is 7.33. The van der Waals surface area contributed by atoms with Crippen molar-refractivity contribution in [3.05, 3.63) is 59.2 Å². The molecule has 0 amide bonds. The van der Waals surface area contributed by atoms with Crippen LogP contribution in [-0.2, 0) is 13.0 Å². The third-order valence-electron chi connectivity index (χ3n) is 3.98. The molecule has 0 heterocycles. The molecule has 0 spiro atoms. The van der Waals surface area contributed by atoms with Crippen molar-refractivity contribution in [2.45, 2.75) is 32.0 Å². The molecule has 0 aromatic heterocycles. The maximum absolute atomic E-state index is 9.97. The van der Waals surface area contributed by atoms with Gasteiger partial charge in [0.2, 0.25) is 0 Å². The molecule has 1 aliphatic carbocycles. The fourth-order valence-electron chi connectivity index (χ4n) is 2.84. The molecular formula is C18H20O3. The summed E-state index contributed by atoms with van der Waals surface area (Å²) in [5.41, 5.74) is 3.27. The maximum Gasteiger partial charge on any atom is 0.125 e. The van der Waals surface area contributed by atoms with E-state index in [1.54, 1.807) is 7.11 Å². The molecular weight excluding hydrogens is 264 g/mol. The zero-order valence-electron chi connectivity index (χ0n) is 12.2. The number of rotatable bonds is 4. The van der Waals surface area contributed by atoms with Gasteiger partial charge in [-0.3, -0.25) is 0 Å². The lowest BCUT2D eigenvalue weighted by atomic mass is 9.89. The van der Waals surface area contributed by atoms with Crippen LogP contribution >= 0.6 is 0 Å². The molecule has 3 heteroatoms. The molecule has 0 bridgehead atoms. The van der Waals surface area contributed by atoms with Gasteiger partial charge in [-0.1, -0.05) is 24.3 Å². The van der Waals surface area contributed by atoms with E-state index < -0.39 is 0 Å². The van der Waals surface area contributed by atoms with Crippen molar-refractivity contribution in [2.24, 2.45) is 0 Å². The molecule has 0 radical (unpaired) electrons. The van der Waals surface area contributed by atoms with Gasteiger partial charge in [-0.25, -0.2) is 0 Å². The first-order valence-electron chi connectivity index (χ1n) is 7.33. The molecule has 21 heavy (non-hydrogen) atoms. The van der Waals surface area contributed by atoms with Crippen molar-refractivity contribution in [1.82, 2.24) is 0 Å². The van der Waals surface area contributed by atoms with Gasteiger partial charge < -0.3 is 14.6 Å². The standard InChI is InChI=1S/C18H20O3/c1-20-18-8-3-2-5-14(18)12-21-15-9-10-16-13(11-15)6-4-7-17(16)19/h2-3,5,8-11,17,19H,4,6-7,12H2,1H3. The van der Waals surface area contributed by atoms with Gasteiger partial charge in [0.25, 0.3) is 0 Å². The minimum atomic E-state index is -0.322. The monoisotopic (exact) mass is 284 g/mol. The van der Waals surface area contributed by atoms with Gasteiger partial charge in [-0.15, -0.1) is 0 Å². The Balaban J connectivity index is 1.74. The van der Waals surface area contributed by atoms with Crippen molar-refractivity contribution in [1.29, 1.82) is 0 Å². The van der Waals surface area contributed by atoms with Crippen LogP contribution in [-0.4, -0.2) is 12.2 Å². The van der Waals surface area contributed by atoms with E-state index >= 15 is 0 Å². The molecule has 0 fully saturated rings. The third-order valence-corrected chi connectivity index (χ3v) is 3.98. The van der Waals surface area contributed by atoms with E-state index in [-0.39, 0.29) is 6.10 Å². The van der Waals surface area contributed by atoms with Gasteiger partial charge in [-0.05, 0) is 48.6 Å². The number of hydrogen-bond acceptors (Lipinski definition) is 3. The molecule has 2 aromatic carbocycles. The smallest absolute Gasteiger partial charge is 0.125 e. The van der Waals surface area contributed by atoms with E-state index in [4.69, 9.17) is 9.47 Å². The molecule has 110 valence electrons. The van der Waals surface area contributed by atoms with Gasteiger partial charge in [0.15, 0.2) is 0 Å². The summed E-state index contributed by atoms with van der Waals surface area (Å²) in [5, 5.41) is 9.97. The lowest BCUT2D eigenvalue weighted by Gasteiger charge is -2.22. The number of methoxy groups -OCH3 is 1. The Morgan fingerprint density at radius 3 is 2.90 bits per heavy atom. The zero-order chi connectivity index (χ0) is 14.7. The largest absolute Gasteiger partial charge is 0.496 e. The number of fused-ring (bicyclic) bond motifs is 1. The van der Waals surface area contributed by atoms with E-state index in [0.29, 0.717) is 6.61 Å². The number of hydrogen-bond donors (Lipinski definition) is 1. The van der Waals surface area contributed by atoms with E-state index in [0.717, 1.165) is 41.9 Å². The number of ether oxygens (including phenoxy) is 2. The Morgan fingerprint density at radius 2 is 2.05 bits per heavy atom. The van der Waals surface area contributed by atoms with E-state index in [1.165, 1.54) is 5.56 Å². The van der Waals surface area contributed by atoms with Crippen molar-refractivity contribution in [3.8, 4) is 11.5 Å². The summed E-state index contributed by atoms with van der Waals surface area (Å²) >= 11 is 0. The highest BCUT2D eigenvalue weighted by molar-refractivity contribution is 5.39. The van der Waals surface area contributed by atoms with E-state index in [9.17, 15) is 5.11 Å². The Kier molecular flexibility index (Phi) is 4.11. The molecule has 0 saturated heterocycles. The number of aliphatic hydroxyl groups is 1. The van der Waals surface area contributed by atoms with Crippen LogP contribution in [0, 0.1) is 0 Å². The fraction of sp³-hybridized carbons (Fsp3) is 0.333. The van der Waals surface area contributed by atoms with Gasteiger partial charge in [0.05, 0.1) is 13.2 Å². The molecule has 0 aliphatic heterocycles. The van der Waals surface area contributed by atoms with Crippen LogP contribution in [0.5, 0.6) is 11.5 Å². The summed E-state index contributed by atoms with van der Waals surface area (Å²) in [6.07, 6.45) is 2.58. The average Bonchev–Trinajstić information content (AvgIpc) is 2.53. The van der Waals surface area contributed by atoms with Crippen molar-refractivity contribution < 1.29 is 14.6 Å². The summed E-state index contributed by atoms with van der Waals surface area (Å²) in [5.74, 6) is 1.68. The van der Waals surface area contributed by atoms with E-state index in [1.807, 2.05) is 42.5 Å². The first-order chi connectivity index (χ1) is 10.3. The summed E-state index contributed by atoms with van der Waals surface area (Å²) in [4.78, 5) is 0. The minimum absolute atomic E-state index is 0.322. The predicted molar refractivity (Wildman–Crippen MR) is 81.7 cm³/mol.